The predicted molar refractivity (Wildman–Crippen MR) is 51.0 cm³/mol. The Hall–Kier alpha value is -0.310. The van der Waals surface area contributed by atoms with E-state index in [9.17, 15) is 4.57 Å². The molecule has 0 aromatic rings. The lowest BCUT2D eigenvalue weighted by Crippen LogP contribution is -1.90. The Kier molecular flexibility index (Phi) is 6.04. The first-order valence-corrected chi connectivity index (χ1v) is 5.96. The van der Waals surface area contributed by atoms with Crippen molar-refractivity contribution in [2.24, 2.45) is 0 Å². The highest BCUT2D eigenvalue weighted by molar-refractivity contribution is 7.46. The largest absolute Gasteiger partial charge is 0.524 e. The normalized spacial score (nSPS) is 13.1. The van der Waals surface area contributed by atoms with Gasteiger partial charge in [-0.1, -0.05) is 20.3 Å². The van der Waals surface area contributed by atoms with Gasteiger partial charge in [0.05, 0.1) is 0 Å². The van der Waals surface area contributed by atoms with Crippen molar-refractivity contribution >= 4 is 7.82 Å². The van der Waals surface area contributed by atoms with Crippen LogP contribution in [0.25, 0.3) is 0 Å². The second-order valence-corrected chi connectivity index (χ2v) is 3.95. The molecule has 5 heteroatoms. The average Bonchev–Trinajstić information content (AvgIpc) is 1.98. The van der Waals surface area contributed by atoms with Crippen molar-refractivity contribution in [2.75, 3.05) is 0 Å². The Morgan fingerprint density at radius 2 is 2.00 bits per heavy atom. The minimum Gasteiger partial charge on any atom is -0.409 e. The van der Waals surface area contributed by atoms with Crippen LogP contribution in [0.3, 0.4) is 0 Å². The molecule has 0 rings (SSSR count). The minimum atomic E-state index is -4.36. The van der Waals surface area contributed by atoms with E-state index < -0.39 is 7.82 Å². The van der Waals surface area contributed by atoms with E-state index in [2.05, 4.69) is 4.52 Å². The van der Waals surface area contributed by atoms with E-state index in [0.717, 1.165) is 19.3 Å². The topological polar surface area (TPSA) is 66.8 Å². The molecular weight excluding hydrogens is 191 g/mol. The van der Waals surface area contributed by atoms with E-state index in [-0.39, 0.29) is 0 Å². The smallest absolute Gasteiger partial charge is 0.409 e. The predicted octanol–water partition coefficient (Wildman–Crippen LogP) is 2.58. The molecule has 0 spiro atoms. The summed E-state index contributed by atoms with van der Waals surface area (Å²) < 4.78 is 15.0. The van der Waals surface area contributed by atoms with Crippen molar-refractivity contribution in [2.45, 2.75) is 39.5 Å². The van der Waals surface area contributed by atoms with Crippen LogP contribution in [0.4, 0.5) is 0 Å². The molecule has 0 radical (unpaired) electrons. The van der Waals surface area contributed by atoms with Crippen LogP contribution in [0, 0.1) is 0 Å². The molecule has 13 heavy (non-hydrogen) atoms. The molecule has 0 aromatic carbocycles. The lowest BCUT2D eigenvalue weighted by Gasteiger charge is -2.09. The molecule has 0 atom stereocenters. The van der Waals surface area contributed by atoms with Gasteiger partial charge < -0.3 is 4.52 Å². The van der Waals surface area contributed by atoms with E-state index in [1.165, 1.54) is 0 Å². The average molecular weight is 208 g/mol. The van der Waals surface area contributed by atoms with Gasteiger partial charge in [0.15, 0.2) is 0 Å². The number of hydrogen-bond donors (Lipinski definition) is 2. The maximum Gasteiger partial charge on any atom is 0.524 e. The van der Waals surface area contributed by atoms with Gasteiger partial charge in [-0.3, -0.25) is 9.79 Å². The number of allylic oxidation sites excluding steroid dienone is 2. The summed E-state index contributed by atoms with van der Waals surface area (Å²) in [5.41, 5.74) is 0. The number of hydrogen-bond acceptors (Lipinski definition) is 2. The minimum absolute atomic E-state index is 0.401. The lowest BCUT2D eigenvalue weighted by atomic mass is 10.2. The molecule has 0 heterocycles. The van der Waals surface area contributed by atoms with Gasteiger partial charge in [-0.05, 0) is 18.9 Å². The third kappa shape index (κ3) is 8.03. The van der Waals surface area contributed by atoms with Gasteiger partial charge in [-0.15, -0.1) is 0 Å². The van der Waals surface area contributed by atoms with Gasteiger partial charge in [0.2, 0.25) is 0 Å². The van der Waals surface area contributed by atoms with Crippen molar-refractivity contribution in [1.82, 2.24) is 0 Å². The molecule has 0 unspecified atom stereocenters. The fourth-order valence-electron chi connectivity index (χ4n) is 0.889. The molecule has 0 saturated carbocycles. The summed E-state index contributed by atoms with van der Waals surface area (Å²) in [6, 6.07) is 0. The van der Waals surface area contributed by atoms with E-state index >= 15 is 0 Å². The summed E-state index contributed by atoms with van der Waals surface area (Å²) in [4.78, 5) is 17.1. The molecule has 0 saturated heterocycles. The zero-order valence-corrected chi connectivity index (χ0v) is 8.96. The first-order chi connectivity index (χ1) is 5.99. The zero-order valence-electron chi connectivity index (χ0n) is 8.06. The van der Waals surface area contributed by atoms with Gasteiger partial charge in [0.1, 0.15) is 5.76 Å². The molecule has 0 aliphatic rings. The molecular formula is C8H17O4P. The van der Waals surface area contributed by atoms with Crippen LogP contribution in [0.15, 0.2) is 11.8 Å². The number of rotatable bonds is 6. The monoisotopic (exact) mass is 208 g/mol. The van der Waals surface area contributed by atoms with Crippen molar-refractivity contribution in [3.63, 3.8) is 0 Å². The SMILES string of the molecule is CCCC=C(CCC)OP(=O)(O)O. The Balaban J connectivity index is 4.17. The van der Waals surface area contributed by atoms with E-state index in [0.29, 0.717) is 12.2 Å². The highest BCUT2D eigenvalue weighted by Crippen LogP contribution is 2.40. The van der Waals surface area contributed by atoms with Gasteiger partial charge in [0, 0.05) is 6.42 Å². The first kappa shape index (κ1) is 12.7. The molecule has 0 bridgehead atoms. The third-order valence-corrected chi connectivity index (χ3v) is 1.87. The van der Waals surface area contributed by atoms with Crippen LogP contribution in [0.1, 0.15) is 39.5 Å². The third-order valence-electron chi connectivity index (χ3n) is 1.39. The summed E-state index contributed by atoms with van der Waals surface area (Å²) in [6.07, 6.45) is 4.86. The summed E-state index contributed by atoms with van der Waals surface area (Å²) >= 11 is 0. The maximum atomic E-state index is 10.5. The van der Waals surface area contributed by atoms with Gasteiger partial charge in [0.25, 0.3) is 0 Å². The molecule has 0 fully saturated rings. The Labute approximate surface area is 78.9 Å². The van der Waals surface area contributed by atoms with Crippen molar-refractivity contribution in [3.8, 4) is 0 Å². The Morgan fingerprint density at radius 3 is 2.38 bits per heavy atom. The zero-order chi connectivity index (χ0) is 10.3. The Morgan fingerprint density at radius 1 is 1.38 bits per heavy atom. The van der Waals surface area contributed by atoms with Crippen LogP contribution in [-0.2, 0) is 9.09 Å². The van der Waals surface area contributed by atoms with Crippen LogP contribution in [-0.4, -0.2) is 9.79 Å². The van der Waals surface area contributed by atoms with E-state index in [4.69, 9.17) is 9.79 Å². The highest BCUT2D eigenvalue weighted by atomic mass is 31.2. The molecule has 2 N–H and O–H groups in total. The van der Waals surface area contributed by atoms with Crippen molar-refractivity contribution < 1.29 is 18.9 Å². The fourth-order valence-corrected chi connectivity index (χ4v) is 1.36. The second-order valence-electron chi connectivity index (χ2n) is 2.79. The lowest BCUT2D eigenvalue weighted by molar-refractivity contribution is 0.235. The van der Waals surface area contributed by atoms with Crippen molar-refractivity contribution in [3.05, 3.63) is 11.8 Å². The number of phosphoric acid groups is 1. The second kappa shape index (κ2) is 6.19. The van der Waals surface area contributed by atoms with Gasteiger partial charge >= 0.3 is 7.82 Å². The standard InChI is InChI=1S/C8H17O4P/c1-3-5-7-8(6-4-2)12-13(9,10)11/h7H,3-6H2,1-2H3,(H2,9,10,11). The maximum absolute atomic E-state index is 10.5. The fraction of sp³-hybridized carbons (Fsp3) is 0.750. The van der Waals surface area contributed by atoms with E-state index in [1.54, 1.807) is 6.08 Å². The summed E-state index contributed by atoms with van der Waals surface area (Å²) in [5, 5.41) is 0. The van der Waals surface area contributed by atoms with Crippen LogP contribution < -0.4 is 0 Å². The molecule has 4 nitrogen and oxygen atoms in total. The summed E-state index contributed by atoms with van der Waals surface area (Å²) in [7, 11) is -4.36. The van der Waals surface area contributed by atoms with Crippen LogP contribution in [0.5, 0.6) is 0 Å². The first-order valence-electron chi connectivity index (χ1n) is 4.43. The Bertz CT molecular complexity index is 206. The van der Waals surface area contributed by atoms with E-state index in [1.807, 2.05) is 13.8 Å². The highest BCUT2D eigenvalue weighted by Gasteiger charge is 2.16. The van der Waals surface area contributed by atoms with Gasteiger partial charge in [-0.25, -0.2) is 4.57 Å². The van der Waals surface area contributed by atoms with Crippen molar-refractivity contribution in [1.29, 1.82) is 0 Å². The molecule has 0 aromatic heterocycles. The summed E-state index contributed by atoms with van der Waals surface area (Å²) in [5.74, 6) is 0.401. The number of phosphoric ester groups is 1. The molecule has 0 amide bonds. The molecule has 0 aliphatic carbocycles. The van der Waals surface area contributed by atoms with Gasteiger partial charge in [-0.2, -0.15) is 0 Å². The van der Waals surface area contributed by atoms with Crippen LogP contribution >= 0.6 is 7.82 Å². The summed E-state index contributed by atoms with van der Waals surface area (Å²) in [6.45, 7) is 3.93. The molecule has 0 aliphatic heterocycles. The quantitative estimate of drug-likeness (QED) is 0.520. The number of unbranched alkanes of at least 4 members (excludes halogenated alkanes) is 1. The van der Waals surface area contributed by atoms with Crippen LogP contribution in [0.2, 0.25) is 0 Å². The molecule has 78 valence electrons.